The van der Waals surface area contributed by atoms with E-state index in [9.17, 15) is 0 Å². The van der Waals surface area contributed by atoms with E-state index in [0.29, 0.717) is 0 Å². The molecular formula is C9H11NOS. The topological polar surface area (TPSA) is 21.6 Å². The molecule has 0 aromatic carbocycles. The van der Waals surface area contributed by atoms with Crippen LogP contribution in [0.4, 0.5) is 0 Å². The number of hydrogen-bond donors (Lipinski definition) is 0. The third kappa shape index (κ3) is 1.37. The lowest BCUT2D eigenvalue weighted by molar-refractivity contribution is 0.0860. The summed E-state index contributed by atoms with van der Waals surface area (Å²) in [7, 11) is 0. The number of hydrogen-bond acceptors (Lipinski definition) is 3. The van der Waals surface area contributed by atoms with Crippen molar-refractivity contribution in [2.45, 2.75) is 26.4 Å². The molecule has 0 amide bonds. The van der Waals surface area contributed by atoms with Gasteiger partial charge in [-0.25, -0.2) is 0 Å². The zero-order valence-electron chi connectivity index (χ0n) is 7.20. The molecule has 0 N–H and O–H groups in total. The Morgan fingerprint density at radius 2 is 2.42 bits per heavy atom. The Morgan fingerprint density at radius 3 is 2.92 bits per heavy atom. The van der Waals surface area contributed by atoms with Crippen molar-refractivity contribution in [2.24, 2.45) is 5.16 Å². The summed E-state index contributed by atoms with van der Waals surface area (Å²) in [5.74, 6) is 0. The fourth-order valence-corrected chi connectivity index (χ4v) is 2.05. The Bertz CT molecular complexity index is 316. The van der Waals surface area contributed by atoms with Gasteiger partial charge in [-0.2, -0.15) is 0 Å². The van der Waals surface area contributed by atoms with Crippen molar-refractivity contribution in [1.82, 2.24) is 0 Å². The molecule has 0 saturated heterocycles. The Labute approximate surface area is 75.9 Å². The van der Waals surface area contributed by atoms with E-state index in [2.05, 4.69) is 23.5 Å². The van der Waals surface area contributed by atoms with E-state index in [1.54, 1.807) is 11.3 Å². The van der Waals surface area contributed by atoms with Crippen LogP contribution in [-0.4, -0.2) is 5.71 Å². The van der Waals surface area contributed by atoms with E-state index >= 15 is 0 Å². The van der Waals surface area contributed by atoms with E-state index < -0.39 is 0 Å². The third-order valence-electron chi connectivity index (χ3n) is 1.94. The van der Waals surface area contributed by atoms with Crippen LogP contribution in [-0.2, 0) is 4.84 Å². The van der Waals surface area contributed by atoms with Gasteiger partial charge in [-0.15, -0.1) is 11.3 Å². The van der Waals surface area contributed by atoms with Crippen molar-refractivity contribution in [1.29, 1.82) is 0 Å². The molecule has 0 spiro atoms. The first-order valence-corrected chi connectivity index (χ1v) is 4.88. The summed E-state index contributed by atoms with van der Waals surface area (Å²) < 4.78 is 0. The number of aryl methyl sites for hydroxylation is 1. The zero-order chi connectivity index (χ0) is 8.55. The molecule has 0 aliphatic carbocycles. The second kappa shape index (κ2) is 2.90. The van der Waals surface area contributed by atoms with Crippen LogP contribution in [0.2, 0.25) is 0 Å². The molecule has 0 saturated carbocycles. The largest absolute Gasteiger partial charge is 0.387 e. The van der Waals surface area contributed by atoms with Crippen LogP contribution in [0.1, 0.15) is 29.9 Å². The molecule has 1 aromatic heterocycles. The predicted octanol–water partition coefficient (Wildman–Crippen LogP) is 2.89. The summed E-state index contributed by atoms with van der Waals surface area (Å²) in [5, 5.41) is 6.07. The highest BCUT2D eigenvalue weighted by Gasteiger charge is 2.20. The normalized spacial score (nSPS) is 22.2. The Hall–Kier alpha value is -0.830. The zero-order valence-corrected chi connectivity index (χ0v) is 8.02. The summed E-state index contributed by atoms with van der Waals surface area (Å²) >= 11 is 1.76. The minimum atomic E-state index is 0.176. The second-order valence-electron chi connectivity index (χ2n) is 3.12. The molecule has 12 heavy (non-hydrogen) atoms. The molecule has 2 rings (SSSR count). The van der Waals surface area contributed by atoms with E-state index in [1.807, 2.05) is 6.92 Å². The Balaban J connectivity index is 2.13. The Morgan fingerprint density at radius 1 is 1.58 bits per heavy atom. The van der Waals surface area contributed by atoms with Gasteiger partial charge in [-0.1, -0.05) is 5.16 Å². The highest BCUT2D eigenvalue weighted by molar-refractivity contribution is 7.10. The average molecular weight is 181 g/mol. The lowest BCUT2D eigenvalue weighted by Gasteiger charge is -2.03. The SMILES string of the molecule is CC1=NOC(c2csc(C)c2)C1. The highest BCUT2D eigenvalue weighted by atomic mass is 32.1. The van der Waals surface area contributed by atoms with Crippen molar-refractivity contribution in [2.75, 3.05) is 0 Å². The summed E-state index contributed by atoms with van der Waals surface area (Å²) in [6.07, 6.45) is 1.12. The Kier molecular flexibility index (Phi) is 1.89. The maximum absolute atomic E-state index is 5.26. The number of rotatable bonds is 1. The molecule has 1 atom stereocenters. The van der Waals surface area contributed by atoms with Gasteiger partial charge >= 0.3 is 0 Å². The highest BCUT2D eigenvalue weighted by Crippen LogP contribution is 2.29. The molecule has 1 unspecified atom stereocenters. The second-order valence-corrected chi connectivity index (χ2v) is 4.23. The van der Waals surface area contributed by atoms with Crippen LogP contribution < -0.4 is 0 Å². The number of thiophene rings is 1. The fourth-order valence-electron chi connectivity index (χ4n) is 1.31. The molecule has 2 nitrogen and oxygen atoms in total. The van der Waals surface area contributed by atoms with Gasteiger partial charge < -0.3 is 4.84 Å². The van der Waals surface area contributed by atoms with Gasteiger partial charge in [-0.3, -0.25) is 0 Å². The van der Waals surface area contributed by atoms with Crippen molar-refractivity contribution in [3.8, 4) is 0 Å². The summed E-state index contributed by atoms with van der Waals surface area (Å²) in [4.78, 5) is 6.59. The van der Waals surface area contributed by atoms with E-state index in [-0.39, 0.29) is 6.10 Å². The molecule has 0 radical (unpaired) electrons. The first-order valence-electron chi connectivity index (χ1n) is 4.00. The predicted molar refractivity (Wildman–Crippen MR) is 50.6 cm³/mol. The molecule has 0 fully saturated rings. The van der Waals surface area contributed by atoms with Crippen molar-refractivity contribution >= 4 is 17.0 Å². The van der Waals surface area contributed by atoms with Gasteiger partial charge in [0.05, 0.1) is 5.71 Å². The lowest BCUT2D eigenvalue weighted by atomic mass is 10.1. The summed E-state index contributed by atoms with van der Waals surface area (Å²) in [6, 6.07) is 2.17. The van der Waals surface area contributed by atoms with Crippen LogP contribution in [0.25, 0.3) is 0 Å². The number of nitrogens with zero attached hydrogens (tertiary/aromatic N) is 1. The first-order chi connectivity index (χ1) is 5.75. The minimum absolute atomic E-state index is 0.176. The van der Waals surface area contributed by atoms with Crippen LogP contribution in [0.15, 0.2) is 16.6 Å². The minimum Gasteiger partial charge on any atom is -0.387 e. The molecule has 1 aromatic rings. The van der Waals surface area contributed by atoms with Crippen molar-refractivity contribution in [3.05, 3.63) is 21.9 Å². The molecule has 64 valence electrons. The molecular weight excluding hydrogens is 170 g/mol. The van der Waals surface area contributed by atoms with Gasteiger partial charge in [0.2, 0.25) is 0 Å². The first kappa shape index (κ1) is 7.80. The lowest BCUT2D eigenvalue weighted by Crippen LogP contribution is -1.95. The third-order valence-corrected chi connectivity index (χ3v) is 2.82. The molecule has 3 heteroatoms. The molecule has 1 aliphatic heterocycles. The van der Waals surface area contributed by atoms with Gasteiger partial charge in [-0.05, 0) is 25.3 Å². The summed E-state index contributed by atoms with van der Waals surface area (Å²) in [6.45, 7) is 4.11. The maximum atomic E-state index is 5.26. The van der Waals surface area contributed by atoms with Gasteiger partial charge in [0, 0.05) is 16.9 Å². The van der Waals surface area contributed by atoms with E-state index in [1.165, 1.54) is 10.4 Å². The van der Waals surface area contributed by atoms with Gasteiger partial charge in [0.15, 0.2) is 6.10 Å². The molecule has 0 bridgehead atoms. The van der Waals surface area contributed by atoms with Crippen LogP contribution in [0.3, 0.4) is 0 Å². The van der Waals surface area contributed by atoms with Crippen molar-refractivity contribution < 1.29 is 4.84 Å². The number of oxime groups is 1. The smallest absolute Gasteiger partial charge is 0.158 e. The quantitative estimate of drug-likeness (QED) is 0.652. The monoisotopic (exact) mass is 181 g/mol. The van der Waals surface area contributed by atoms with Gasteiger partial charge in [0.25, 0.3) is 0 Å². The maximum Gasteiger partial charge on any atom is 0.158 e. The molecule has 2 heterocycles. The van der Waals surface area contributed by atoms with Crippen LogP contribution >= 0.6 is 11.3 Å². The fraction of sp³-hybridized carbons (Fsp3) is 0.444. The standard InChI is InChI=1S/C9H11NOS/c1-6-3-9(11-10-6)8-4-7(2)12-5-8/h4-5,9H,3H2,1-2H3. The average Bonchev–Trinajstić information content (AvgIpc) is 2.58. The molecule has 1 aliphatic rings. The van der Waals surface area contributed by atoms with E-state index in [4.69, 9.17) is 4.84 Å². The van der Waals surface area contributed by atoms with Gasteiger partial charge in [0.1, 0.15) is 0 Å². The van der Waals surface area contributed by atoms with Crippen LogP contribution in [0.5, 0.6) is 0 Å². The summed E-state index contributed by atoms with van der Waals surface area (Å²) in [5.41, 5.74) is 2.35. The van der Waals surface area contributed by atoms with Crippen LogP contribution in [0, 0.1) is 6.92 Å². The van der Waals surface area contributed by atoms with E-state index in [0.717, 1.165) is 12.1 Å². The van der Waals surface area contributed by atoms with Crippen molar-refractivity contribution in [3.63, 3.8) is 0 Å².